The van der Waals surface area contributed by atoms with Gasteiger partial charge < -0.3 is 15.3 Å². The first kappa shape index (κ1) is 12.2. The van der Waals surface area contributed by atoms with E-state index in [4.69, 9.17) is 10.4 Å². The molecule has 2 aromatic rings. The lowest BCUT2D eigenvalue weighted by Crippen LogP contribution is -2.13. The van der Waals surface area contributed by atoms with Crippen LogP contribution in [0.1, 0.15) is 11.5 Å². The fourth-order valence-corrected chi connectivity index (χ4v) is 1.37. The maximum atomic E-state index is 13.4. The summed E-state index contributed by atoms with van der Waals surface area (Å²) >= 11 is 0. The molecule has 0 aliphatic heterocycles. The summed E-state index contributed by atoms with van der Waals surface area (Å²) in [6.07, 6.45) is 0. The Bertz CT molecular complexity index is 557. The van der Waals surface area contributed by atoms with Crippen LogP contribution in [0.3, 0.4) is 0 Å². The molecule has 0 atom stereocenters. The topological polar surface area (TPSA) is 89.0 Å². The standard InChI is InChI=1S/C10H11F2N5O/c1-5-2-6(17-18-5)4-14-9-7(11)3-8(12)10(15-9)16-13/h2-3H,4,13H2,1H3,(H2,14,15,16). The summed E-state index contributed by atoms with van der Waals surface area (Å²) in [5.41, 5.74) is 2.62. The first-order valence-corrected chi connectivity index (χ1v) is 5.09. The molecule has 0 saturated heterocycles. The van der Waals surface area contributed by atoms with E-state index in [1.807, 2.05) is 5.43 Å². The third kappa shape index (κ3) is 2.54. The first-order chi connectivity index (χ1) is 8.60. The summed E-state index contributed by atoms with van der Waals surface area (Å²) in [4.78, 5) is 3.66. The lowest BCUT2D eigenvalue weighted by Gasteiger charge is -2.07. The highest BCUT2D eigenvalue weighted by molar-refractivity contribution is 5.46. The number of hydrogen-bond acceptors (Lipinski definition) is 6. The molecule has 2 aromatic heterocycles. The Kier molecular flexibility index (Phi) is 3.38. The Morgan fingerprint density at radius 2 is 2.00 bits per heavy atom. The Balaban J connectivity index is 2.13. The number of aromatic nitrogens is 2. The van der Waals surface area contributed by atoms with Gasteiger partial charge in [-0.2, -0.15) is 0 Å². The Labute approximate surface area is 101 Å². The quantitative estimate of drug-likeness (QED) is 0.567. The number of pyridine rings is 1. The fourth-order valence-electron chi connectivity index (χ4n) is 1.37. The maximum absolute atomic E-state index is 13.4. The zero-order valence-corrected chi connectivity index (χ0v) is 9.50. The van der Waals surface area contributed by atoms with Crippen LogP contribution in [-0.4, -0.2) is 10.1 Å². The lowest BCUT2D eigenvalue weighted by atomic mass is 10.3. The van der Waals surface area contributed by atoms with Gasteiger partial charge in [-0.1, -0.05) is 5.16 Å². The second-order valence-corrected chi connectivity index (χ2v) is 3.58. The van der Waals surface area contributed by atoms with Crippen LogP contribution in [0.2, 0.25) is 0 Å². The van der Waals surface area contributed by atoms with Crippen molar-refractivity contribution < 1.29 is 13.3 Å². The van der Waals surface area contributed by atoms with Crippen molar-refractivity contribution in [2.45, 2.75) is 13.5 Å². The predicted octanol–water partition coefficient (Wildman–Crippen LogP) is 1.55. The van der Waals surface area contributed by atoms with E-state index in [1.54, 1.807) is 13.0 Å². The van der Waals surface area contributed by atoms with Crippen LogP contribution >= 0.6 is 0 Å². The molecule has 0 saturated carbocycles. The molecule has 8 heteroatoms. The van der Waals surface area contributed by atoms with E-state index in [-0.39, 0.29) is 18.2 Å². The zero-order chi connectivity index (χ0) is 13.1. The molecule has 0 unspecified atom stereocenters. The average Bonchev–Trinajstić information content (AvgIpc) is 2.74. The maximum Gasteiger partial charge on any atom is 0.178 e. The highest BCUT2D eigenvalue weighted by Crippen LogP contribution is 2.18. The molecule has 0 fully saturated rings. The number of nitrogens with one attached hydrogen (secondary N) is 2. The summed E-state index contributed by atoms with van der Waals surface area (Å²) in [7, 11) is 0. The Morgan fingerprint density at radius 1 is 1.28 bits per heavy atom. The van der Waals surface area contributed by atoms with Gasteiger partial charge in [0.1, 0.15) is 11.5 Å². The van der Waals surface area contributed by atoms with Crippen molar-refractivity contribution in [3.8, 4) is 0 Å². The van der Waals surface area contributed by atoms with Gasteiger partial charge in [-0.15, -0.1) is 0 Å². The van der Waals surface area contributed by atoms with E-state index in [9.17, 15) is 8.78 Å². The van der Waals surface area contributed by atoms with Crippen LogP contribution in [0.15, 0.2) is 16.7 Å². The second-order valence-electron chi connectivity index (χ2n) is 3.58. The van der Waals surface area contributed by atoms with Crippen LogP contribution in [0.4, 0.5) is 20.4 Å². The van der Waals surface area contributed by atoms with Gasteiger partial charge >= 0.3 is 0 Å². The van der Waals surface area contributed by atoms with Crippen LogP contribution in [0.25, 0.3) is 0 Å². The van der Waals surface area contributed by atoms with Crippen LogP contribution in [0, 0.1) is 18.6 Å². The SMILES string of the molecule is Cc1cc(CNc2nc(NN)c(F)cc2F)no1. The van der Waals surface area contributed by atoms with Gasteiger partial charge in [0.15, 0.2) is 23.3 Å². The molecule has 18 heavy (non-hydrogen) atoms. The smallest absolute Gasteiger partial charge is 0.178 e. The summed E-state index contributed by atoms with van der Waals surface area (Å²) in [6.45, 7) is 1.95. The molecule has 0 bridgehead atoms. The van der Waals surface area contributed by atoms with Gasteiger partial charge in [-0.25, -0.2) is 19.6 Å². The van der Waals surface area contributed by atoms with E-state index in [2.05, 4.69) is 15.5 Å². The number of nitrogen functional groups attached to an aromatic ring is 1. The van der Waals surface area contributed by atoms with Gasteiger partial charge in [0.2, 0.25) is 0 Å². The average molecular weight is 255 g/mol. The molecule has 2 rings (SSSR count). The van der Waals surface area contributed by atoms with Crippen LogP contribution in [0.5, 0.6) is 0 Å². The van der Waals surface area contributed by atoms with Gasteiger partial charge in [0.05, 0.1) is 6.54 Å². The highest BCUT2D eigenvalue weighted by Gasteiger charge is 2.11. The normalized spacial score (nSPS) is 10.4. The molecule has 0 spiro atoms. The van der Waals surface area contributed by atoms with E-state index in [1.165, 1.54) is 0 Å². The van der Waals surface area contributed by atoms with Gasteiger partial charge in [0.25, 0.3) is 0 Å². The molecule has 6 nitrogen and oxygen atoms in total. The predicted molar refractivity (Wildman–Crippen MR) is 60.5 cm³/mol. The van der Waals surface area contributed by atoms with Crippen molar-refractivity contribution in [1.29, 1.82) is 0 Å². The molecule has 96 valence electrons. The molecular weight excluding hydrogens is 244 g/mol. The summed E-state index contributed by atoms with van der Waals surface area (Å²) in [5.74, 6) is 3.66. The molecule has 0 aromatic carbocycles. The minimum Gasteiger partial charge on any atom is -0.362 e. The molecule has 0 amide bonds. The minimum absolute atomic E-state index is 0.120. The molecule has 0 aliphatic rings. The molecule has 0 radical (unpaired) electrons. The Morgan fingerprint density at radius 3 is 2.61 bits per heavy atom. The first-order valence-electron chi connectivity index (χ1n) is 5.09. The van der Waals surface area contributed by atoms with Crippen molar-refractivity contribution >= 4 is 11.6 Å². The van der Waals surface area contributed by atoms with Gasteiger partial charge in [-0.05, 0) is 6.92 Å². The summed E-state index contributed by atoms with van der Waals surface area (Å²) in [6, 6.07) is 2.38. The van der Waals surface area contributed by atoms with Crippen molar-refractivity contribution in [2.24, 2.45) is 5.84 Å². The van der Waals surface area contributed by atoms with E-state index >= 15 is 0 Å². The van der Waals surface area contributed by atoms with Crippen molar-refractivity contribution in [2.75, 3.05) is 10.7 Å². The van der Waals surface area contributed by atoms with Gasteiger partial charge in [0, 0.05) is 12.1 Å². The number of halogens is 2. The monoisotopic (exact) mass is 255 g/mol. The Hall–Kier alpha value is -2.22. The second kappa shape index (κ2) is 4.96. The largest absolute Gasteiger partial charge is 0.362 e. The van der Waals surface area contributed by atoms with E-state index < -0.39 is 11.6 Å². The summed E-state index contributed by atoms with van der Waals surface area (Å²) < 4.78 is 31.3. The number of hydrazine groups is 1. The van der Waals surface area contributed by atoms with Crippen molar-refractivity contribution in [3.05, 3.63) is 35.2 Å². The number of hydrogen-bond donors (Lipinski definition) is 3. The lowest BCUT2D eigenvalue weighted by molar-refractivity contribution is 0.391. The van der Waals surface area contributed by atoms with Crippen molar-refractivity contribution in [1.82, 2.24) is 10.1 Å². The summed E-state index contributed by atoms with van der Waals surface area (Å²) in [5, 5.41) is 6.39. The number of anilines is 2. The minimum atomic E-state index is -0.863. The van der Waals surface area contributed by atoms with Crippen LogP contribution in [-0.2, 0) is 6.54 Å². The molecule has 4 N–H and O–H groups in total. The third-order valence-corrected chi connectivity index (χ3v) is 2.18. The zero-order valence-electron chi connectivity index (χ0n) is 9.50. The number of aryl methyl sites for hydroxylation is 1. The van der Waals surface area contributed by atoms with E-state index in [0.717, 1.165) is 0 Å². The van der Waals surface area contributed by atoms with Gasteiger partial charge in [-0.3, -0.25) is 0 Å². The molecular formula is C10H11F2N5O. The van der Waals surface area contributed by atoms with Crippen molar-refractivity contribution in [3.63, 3.8) is 0 Å². The van der Waals surface area contributed by atoms with Crippen LogP contribution < -0.4 is 16.6 Å². The number of rotatable bonds is 4. The molecule has 0 aliphatic carbocycles. The third-order valence-electron chi connectivity index (χ3n) is 2.18. The fraction of sp³-hybridized carbons (Fsp3) is 0.200. The number of nitrogens with zero attached hydrogens (tertiary/aromatic N) is 2. The highest BCUT2D eigenvalue weighted by atomic mass is 19.1. The van der Waals surface area contributed by atoms with E-state index in [0.29, 0.717) is 17.5 Å². The number of nitrogens with two attached hydrogens (primary N) is 1. The molecule has 2 heterocycles.